The van der Waals surface area contributed by atoms with Gasteiger partial charge in [-0.25, -0.2) is 15.0 Å². The first-order valence-corrected chi connectivity index (χ1v) is 32.5. The van der Waals surface area contributed by atoms with Gasteiger partial charge in [-0.2, -0.15) is 15.8 Å². The number of nitriles is 3. The summed E-state index contributed by atoms with van der Waals surface area (Å²) in [6, 6.07) is 120. The fourth-order valence-electron chi connectivity index (χ4n) is 13.8. The van der Waals surface area contributed by atoms with Crippen molar-refractivity contribution in [3.63, 3.8) is 0 Å². The Balaban J connectivity index is 0.959. The van der Waals surface area contributed by atoms with Gasteiger partial charge in [-0.3, -0.25) is 0 Å². The van der Waals surface area contributed by atoms with Crippen molar-refractivity contribution in [2.45, 2.75) is 0 Å². The highest BCUT2D eigenvalue weighted by Crippen LogP contribution is 2.45. The lowest BCUT2D eigenvalue weighted by molar-refractivity contribution is 1.06. The molecule has 0 spiro atoms. The van der Waals surface area contributed by atoms with Gasteiger partial charge in [0.2, 0.25) is 0 Å². The number of benzene rings is 14. The Morgan fingerprint density at radius 1 is 0.204 bits per heavy atom. The SMILES string of the molecule is N#Cc1ccc(-c2ccc(-c3nc(-c4cccc(-c5cccc(C#N)c5)c4)nc(-c4ccc(-c5ccc(C#N)cc5)cc4-n4c5ccc(-c6ccccc6)cc5c5cc(-c6ccccc6)ccc54)n3)c(-n3c4ccc(-c5ccccc5)cc4c4cc(-c5ccccc5)ccc43)c2)cc1. The molecule has 0 unspecified atom stereocenters. The van der Waals surface area contributed by atoms with Crippen molar-refractivity contribution in [2.75, 3.05) is 0 Å². The highest BCUT2D eigenvalue weighted by molar-refractivity contribution is 6.14. The van der Waals surface area contributed by atoms with Crippen LogP contribution in [0.5, 0.6) is 0 Å². The molecular weight excluding hydrogens is 1190 g/mol. The van der Waals surface area contributed by atoms with Crippen LogP contribution in [-0.2, 0) is 0 Å². The normalized spacial score (nSPS) is 11.2. The summed E-state index contributed by atoms with van der Waals surface area (Å²) < 4.78 is 4.71. The first kappa shape index (κ1) is 58.0. The lowest BCUT2D eigenvalue weighted by atomic mass is 9.99. The second kappa shape index (κ2) is 24.6. The van der Waals surface area contributed by atoms with Crippen molar-refractivity contribution in [2.24, 2.45) is 0 Å². The van der Waals surface area contributed by atoms with Crippen LogP contribution in [0.15, 0.2) is 328 Å². The van der Waals surface area contributed by atoms with E-state index in [9.17, 15) is 15.8 Å². The molecule has 0 fully saturated rings. The van der Waals surface area contributed by atoms with Crippen molar-refractivity contribution in [3.8, 4) is 142 Å². The molecule has 8 heteroatoms. The summed E-state index contributed by atoms with van der Waals surface area (Å²) in [5.41, 5.74) is 23.9. The molecule has 14 aromatic carbocycles. The minimum absolute atomic E-state index is 0.435. The molecular formula is C90H54N8. The van der Waals surface area contributed by atoms with E-state index >= 15 is 0 Å². The van der Waals surface area contributed by atoms with Crippen LogP contribution in [0, 0.1) is 34.0 Å². The van der Waals surface area contributed by atoms with Crippen molar-refractivity contribution in [3.05, 3.63) is 344 Å². The molecule has 0 saturated heterocycles. The molecule has 454 valence electrons. The number of hydrogen-bond donors (Lipinski definition) is 0. The Morgan fingerprint density at radius 3 is 0.847 bits per heavy atom. The lowest BCUT2D eigenvalue weighted by Gasteiger charge is -2.18. The topological polar surface area (TPSA) is 120 Å². The Morgan fingerprint density at radius 2 is 0.480 bits per heavy atom. The zero-order valence-corrected chi connectivity index (χ0v) is 52.8. The van der Waals surface area contributed by atoms with Gasteiger partial charge in [0.25, 0.3) is 0 Å². The third kappa shape index (κ3) is 10.6. The summed E-state index contributed by atoms with van der Waals surface area (Å²) in [7, 11) is 0. The van der Waals surface area contributed by atoms with E-state index in [1.165, 1.54) is 0 Å². The maximum Gasteiger partial charge on any atom is 0.166 e. The summed E-state index contributed by atoms with van der Waals surface area (Å²) in [6.07, 6.45) is 0. The molecule has 0 saturated carbocycles. The molecule has 98 heavy (non-hydrogen) atoms. The average Bonchev–Trinajstić information content (AvgIpc) is 1.56. The molecule has 0 aliphatic rings. The first-order valence-electron chi connectivity index (χ1n) is 32.5. The Hall–Kier alpha value is -13.8. The zero-order valence-electron chi connectivity index (χ0n) is 52.8. The molecule has 0 amide bonds. The molecule has 3 aromatic heterocycles. The second-order valence-corrected chi connectivity index (χ2v) is 24.5. The van der Waals surface area contributed by atoms with E-state index in [1.807, 2.05) is 115 Å². The summed E-state index contributed by atoms with van der Waals surface area (Å²) in [4.78, 5) is 17.0. The van der Waals surface area contributed by atoms with Crippen molar-refractivity contribution < 1.29 is 0 Å². The van der Waals surface area contributed by atoms with Gasteiger partial charge < -0.3 is 9.13 Å². The average molecular weight is 1250 g/mol. The summed E-state index contributed by atoms with van der Waals surface area (Å²) in [5, 5.41) is 34.3. The van der Waals surface area contributed by atoms with Crippen LogP contribution in [0.25, 0.3) is 167 Å². The zero-order chi connectivity index (χ0) is 65.6. The molecule has 17 rings (SSSR count). The molecule has 17 aromatic rings. The van der Waals surface area contributed by atoms with Crippen LogP contribution < -0.4 is 0 Å². The van der Waals surface area contributed by atoms with Gasteiger partial charge in [0.1, 0.15) is 0 Å². The minimum Gasteiger partial charge on any atom is -0.308 e. The van der Waals surface area contributed by atoms with E-state index < -0.39 is 0 Å². The smallest absolute Gasteiger partial charge is 0.166 e. The van der Waals surface area contributed by atoms with Crippen molar-refractivity contribution in [1.29, 1.82) is 15.8 Å². The molecule has 3 heterocycles. The fraction of sp³-hybridized carbons (Fsp3) is 0. The molecule has 0 aliphatic carbocycles. The van der Waals surface area contributed by atoms with Gasteiger partial charge in [-0.1, -0.05) is 212 Å². The third-order valence-corrected chi connectivity index (χ3v) is 18.7. The van der Waals surface area contributed by atoms with Crippen LogP contribution in [0.2, 0.25) is 0 Å². The van der Waals surface area contributed by atoms with E-state index in [-0.39, 0.29) is 0 Å². The Labute approximate surface area is 566 Å². The van der Waals surface area contributed by atoms with Gasteiger partial charge in [0.15, 0.2) is 17.5 Å². The molecule has 8 nitrogen and oxygen atoms in total. The van der Waals surface area contributed by atoms with Crippen LogP contribution >= 0.6 is 0 Å². The van der Waals surface area contributed by atoms with Gasteiger partial charge in [0, 0.05) is 38.2 Å². The number of nitrogens with zero attached hydrogens (tertiary/aromatic N) is 8. The third-order valence-electron chi connectivity index (χ3n) is 18.7. The van der Waals surface area contributed by atoms with Gasteiger partial charge in [-0.15, -0.1) is 0 Å². The fourth-order valence-corrected chi connectivity index (χ4v) is 13.8. The maximum absolute atomic E-state index is 10.1. The summed E-state index contributed by atoms with van der Waals surface area (Å²) in [6.45, 7) is 0. The summed E-state index contributed by atoms with van der Waals surface area (Å²) in [5.74, 6) is 1.31. The minimum atomic E-state index is 0.435. The molecule has 0 radical (unpaired) electrons. The van der Waals surface area contributed by atoms with Crippen LogP contribution in [0.4, 0.5) is 0 Å². The lowest BCUT2D eigenvalue weighted by Crippen LogP contribution is -2.06. The quantitative estimate of drug-likeness (QED) is 0.120. The van der Waals surface area contributed by atoms with E-state index in [0.29, 0.717) is 34.2 Å². The van der Waals surface area contributed by atoms with Crippen molar-refractivity contribution in [1.82, 2.24) is 24.1 Å². The number of fused-ring (bicyclic) bond motifs is 6. The van der Waals surface area contributed by atoms with Crippen LogP contribution in [0.1, 0.15) is 16.7 Å². The highest BCUT2D eigenvalue weighted by atomic mass is 15.1. The Bertz CT molecular complexity index is 5590. The number of hydrogen-bond acceptors (Lipinski definition) is 6. The maximum atomic E-state index is 10.1. The van der Waals surface area contributed by atoms with E-state index in [1.54, 1.807) is 0 Å². The Kier molecular flexibility index (Phi) is 14.5. The van der Waals surface area contributed by atoms with Crippen LogP contribution in [-0.4, -0.2) is 24.1 Å². The summed E-state index contributed by atoms with van der Waals surface area (Å²) >= 11 is 0. The standard InChI is InChI=1S/C90H54N8/c91-55-58-27-31-65(32-28-58)73-35-41-76(86(53-73)97-82-43-37-69(61-16-5-1-6-17-61)49-78(82)79-50-70(38-44-83(79)97)62-18-7-2-8-19-62)89-94-88(75-26-14-25-68(48-75)67-24-13-15-60(47-67)57-93)95-90(96-89)77-42-36-74(66-33-29-59(56-92)30-34-66)54-87(77)98-84-45-39-71(63-20-9-3-10-21-63)51-80(84)81-52-72(40-46-85(81)98)64-22-11-4-12-23-64/h1-54H. The molecule has 0 bridgehead atoms. The monoisotopic (exact) mass is 1250 g/mol. The highest BCUT2D eigenvalue weighted by Gasteiger charge is 2.25. The van der Waals surface area contributed by atoms with Gasteiger partial charge in [0.05, 0.1) is 68.3 Å². The predicted octanol–water partition coefficient (Wildman–Crippen LogP) is 22.4. The van der Waals surface area contributed by atoms with E-state index in [0.717, 1.165) is 150 Å². The van der Waals surface area contributed by atoms with Crippen LogP contribution in [0.3, 0.4) is 0 Å². The van der Waals surface area contributed by atoms with E-state index in [4.69, 9.17) is 15.0 Å². The van der Waals surface area contributed by atoms with Gasteiger partial charge in [-0.05, 0) is 193 Å². The largest absolute Gasteiger partial charge is 0.308 e. The first-order chi connectivity index (χ1) is 48.4. The molecule has 0 aliphatic heterocycles. The van der Waals surface area contributed by atoms with Gasteiger partial charge >= 0.3 is 0 Å². The number of aromatic nitrogens is 5. The number of rotatable bonds is 12. The van der Waals surface area contributed by atoms with E-state index in [2.05, 4.69) is 240 Å². The predicted molar refractivity (Wildman–Crippen MR) is 397 cm³/mol. The molecule has 0 atom stereocenters. The second-order valence-electron chi connectivity index (χ2n) is 24.5. The molecule has 0 N–H and O–H groups in total. The van der Waals surface area contributed by atoms with Crippen molar-refractivity contribution >= 4 is 43.6 Å².